The van der Waals surface area contributed by atoms with E-state index in [1.54, 1.807) is 0 Å². The number of primary amides is 1. The summed E-state index contributed by atoms with van der Waals surface area (Å²) in [6.45, 7) is 0.924. The Labute approximate surface area is 124 Å². The van der Waals surface area contributed by atoms with Gasteiger partial charge in [-0.05, 0) is 32.2 Å². The van der Waals surface area contributed by atoms with Crippen molar-refractivity contribution in [3.63, 3.8) is 0 Å². The van der Waals surface area contributed by atoms with Crippen LogP contribution < -0.4 is 34.0 Å². The third-order valence-corrected chi connectivity index (χ3v) is 2.91. The average Bonchev–Trinajstić information content (AvgIpc) is 2.41. The van der Waals surface area contributed by atoms with Gasteiger partial charge >= 0.3 is 0 Å². The summed E-state index contributed by atoms with van der Waals surface area (Å²) in [6, 6.07) is -1.44. The van der Waals surface area contributed by atoms with Crippen molar-refractivity contribution in [1.29, 1.82) is 0 Å². The van der Waals surface area contributed by atoms with Crippen LogP contribution in [-0.4, -0.2) is 42.9 Å². The summed E-state index contributed by atoms with van der Waals surface area (Å²) >= 11 is 0. The lowest BCUT2D eigenvalue weighted by Crippen LogP contribution is -2.50. The molecule has 11 N–H and O–H groups in total. The molecule has 2 unspecified atom stereocenters. The maximum Gasteiger partial charge on any atom is 0.240 e. The Kier molecular flexibility index (Phi) is 9.90. The first-order valence-corrected chi connectivity index (χ1v) is 6.99. The lowest BCUT2D eigenvalue weighted by molar-refractivity contribution is -0.128. The van der Waals surface area contributed by atoms with Crippen LogP contribution in [0.15, 0.2) is 4.99 Å². The van der Waals surface area contributed by atoms with Crippen molar-refractivity contribution in [2.24, 2.45) is 33.7 Å². The van der Waals surface area contributed by atoms with E-state index in [0.717, 1.165) is 12.8 Å². The summed E-state index contributed by atoms with van der Waals surface area (Å²) in [5.74, 6) is -1.02. The second-order valence-corrected chi connectivity index (χ2v) is 4.80. The van der Waals surface area contributed by atoms with Crippen LogP contribution in [-0.2, 0) is 9.59 Å². The van der Waals surface area contributed by atoms with Crippen molar-refractivity contribution in [3.8, 4) is 0 Å². The van der Waals surface area contributed by atoms with Gasteiger partial charge < -0.3 is 34.0 Å². The van der Waals surface area contributed by atoms with Gasteiger partial charge in [-0.3, -0.25) is 14.6 Å². The molecule has 0 saturated carbocycles. The Morgan fingerprint density at radius 2 is 1.71 bits per heavy atom. The third kappa shape index (κ3) is 9.63. The third-order valence-electron chi connectivity index (χ3n) is 2.91. The first kappa shape index (κ1) is 19.1. The van der Waals surface area contributed by atoms with Crippen molar-refractivity contribution in [2.45, 2.75) is 44.2 Å². The van der Waals surface area contributed by atoms with E-state index in [4.69, 9.17) is 28.7 Å². The molecule has 0 aromatic heterocycles. The van der Waals surface area contributed by atoms with Crippen LogP contribution in [0.5, 0.6) is 0 Å². The van der Waals surface area contributed by atoms with Crippen LogP contribution in [0.2, 0.25) is 0 Å². The van der Waals surface area contributed by atoms with E-state index in [9.17, 15) is 9.59 Å². The highest BCUT2D eigenvalue weighted by Crippen LogP contribution is 2.01. The van der Waals surface area contributed by atoms with Crippen LogP contribution in [0.4, 0.5) is 0 Å². The van der Waals surface area contributed by atoms with Crippen LogP contribution >= 0.6 is 0 Å². The predicted molar refractivity (Wildman–Crippen MR) is 81.9 cm³/mol. The molecule has 9 heteroatoms. The summed E-state index contributed by atoms with van der Waals surface area (Å²) < 4.78 is 0. The Morgan fingerprint density at radius 1 is 1.05 bits per heavy atom. The van der Waals surface area contributed by atoms with Crippen molar-refractivity contribution in [3.05, 3.63) is 0 Å². The number of amides is 2. The van der Waals surface area contributed by atoms with Gasteiger partial charge in [0.05, 0.1) is 6.04 Å². The smallest absolute Gasteiger partial charge is 0.240 e. The van der Waals surface area contributed by atoms with E-state index >= 15 is 0 Å². The van der Waals surface area contributed by atoms with E-state index in [2.05, 4.69) is 10.3 Å². The number of nitrogens with one attached hydrogen (secondary N) is 1. The minimum Gasteiger partial charge on any atom is -0.370 e. The van der Waals surface area contributed by atoms with Gasteiger partial charge in [0.15, 0.2) is 5.96 Å². The molecule has 0 aliphatic carbocycles. The summed E-state index contributed by atoms with van der Waals surface area (Å²) in [4.78, 5) is 27.0. The number of nitrogens with two attached hydrogens (primary N) is 5. The largest absolute Gasteiger partial charge is 0.370 e. The maximum atomic E-state index is 11.9. The minimum atomic E-state index is -0.771. The SMILES string of the molecule is NCCCCC(N)C(=O)NC(CCCN=C(N)N)C(N)=O. The highest BCUT2D eigenvalue weighted by atomic mass is 16.2. The summed E-state index contributed by atoms with van der Waals surface area (Å²) in [6.07, 6.45) is 2.96. The Hall–Kier alpha value is -1.87. The summed E-state index contributed by atoms with van der Waals surface area (Å²) in [5, 5.41) is 2.55. The number of aliphatic imine (C=N–C) groups is 1. The fourth-order valence-corrected chi connectivity index (χ4v) is 1.71. The highest BCUT2D eigenvalue weighted by Gasteiger charge is 2.21. The molecule has 0 rings (SSSR count). The number of nitrogens with zero attached hydrogens (tertiary/aromatic N) is 1. The fourth-order valence-electron chi connectivity index (χ4n) is 1.71. The van der Waals surface area contributed by atoms with Crippen molar-refractivity contribution in [2.75, 3.05) is 13.1 Å². The van der Waals surface area contributed by atoms with Crippen LogP contribution in [0.1, 0.15) is 32.1 Å². The highest BCUT2D eigenvalue weighted by molar-refractivity contribution is 5.88. The Balaban J connectivity index is 4.20. The van der Waals surface area contributed by atoms with Gasteiger partial charge in [-0.25, -0.2) is 0 Å². The van der Waals surface area contributed by atoms with Gasteiger partial charge in [-0.1, -0.05) is 6.42 Å². The first-order chi connectivity index (χ1) is 9.88. The van der Waals surface area contributed by atoms with Gasteiger partial charge in [0.25, 0.3) is 0 Å². The number of hydrogen-bond acceptors (Lipinski definition) is 5. The molecule has 0 spiro atoms. The number of unbranched alkanes of at least 4 members (excludes halogenated alkanes) is 1. The van der Waals surface area contributed by atoms with E-state index in [-0.39, 0.29) is 5.96 Å². The number of carbonyl (C=O) groups excluding carboxylic acids is 2. The normalized spacial score (nSPS) is 13.2. The van der Waals surface area contributed by atoms with Crippen molar-refractivity contribution in [1.82, 2.24) is 5.32 Å². The number of carbonyl (C=O) groups is 2. The van der Waals surface area contributed by atoms with Gasteiger partial charge in [0.1, 0.15) is 6.04 Å². The zero-order valence-electron chi connectivity index (χ0n) is 12.3. The second kappa shape index (κ2) is 10.9. The van der Waals surface area contributed by atoms with E-state index in [1.165, 1.54) is 0 Å². The lowest BCUT2D eigenvalue weighted by Gasteiger charge is -2.18. The quantitative estimate of drug-likeness (QED) is 0.138. The zero-order chi connectivity index (χ0) is 16.3. The second-order valence-electron chi connectivity index (χ2n) is 4.80. The minimum absolute atomic E-state index is 0.0170. The maximum absolute atomic E-state index is 11.9. The standard InChI is InChI=1S/C12H27N7O2/c13-6-2-1-4-8(14)11(21)19-9(10(15)20)5-3-7-18-12(16)17/h8-9H,1-7,13-14H2,(H2,15,20)(H,19,21)(H4,16,17,18). The number of hydrogen-bond donors (Lipinski definition) is 6. The first-order valence-electron chi connectivity index (χ1n) is 6.99. The lowest BCUT2D eigenvalue weighted by atomic mass is 10.1. The molecule has 0 bridgehead atoms. The molecule has 0 aliphatic rings. The van der Waals surface area contributed by atoms with Crippen LogP contribution in [0.3, 0.4) is 0 Å². The number of guanidine groups is 1. The predicted octanol–water partition coefficient (Wildman–Crippen LogP) is -2.53. The zero-order valence-corrected chi connectivity index (χ0v) is 12.3. The molecule has 0 aromatic carbocycles. The Morgan fingerprint density at radius 3 is 2.24 bits per heavy atom. The molecule has 122 valence electrons. The topological polar surface area (TPSA) is 189 Å². The summed E-state index contributed by atoms with van der Waals surface area (Å²) in [5.41, 5.74) is 26.7. The molecule has 2 atom stereocenters. The molecule has 0 heterocycles. The summed E-state index contributed by atoms with van der Waals surface area (Å²) in [7, 11) is 0. The molecule has 0 radical (unpaired) electrons. The van der Waals surface area contributed by atoms with Gasteiger partial charge in [0, 0.05) is 6.54 Å². The molecule has 2 amide bonds. The van der Waals surface area contributed by atoms with Gasteiger partial charge in [-0.2, -0.15) is 0 Å². The molecule has 0 saturated heterocycles. The van der Waals surface area contributed by atoms with Crippen LogP contribution in [0, 0.1) is 0 Å². The van der Waals surface area contributed by atoms with E-state index in [0.29, 0.717) is 32.4 Å². The molecule has 21 heavy (non-hydrogen) atoms. The molecule has 0 fully saturated rings. The van der Waals surface area contributed by atoms with Crippen LogP contribution in [0.25, 0.3) is 0 Å². The fraction of sp³-hybridized carbons (Fsp3) is 0.750. The van der Waals surface area contributed by atoms with Gasteiger partial charge in [0.2, 0.25) is 11.8 Å². The number of rotatable bonds is 11. The molecule has 0 aromatic rings. The monoisotopic (exact) mass is 301 g/mol. The molecular formula is C12H27N7O2. The molecular weight excluding hydrogens is 274 g/mol. The van der Waals surface area contributed by atoms with E-state index in [1.807, 2.05) is 0 Å². The van der Waals surface area contributed by atoms with Crippen molar-refractivity contribution >= 4 is 17.8 Å². The molecule has 0 aliphatic heterocycles. The van der Waals surface area contributed by atoms with Crippen molar-refractivity contribution < 1.29 is 9.59 Å². The molecule has 9 nitrogen and oxygen atoms in total. The average molecular weight is 301 g/mol. The van der Waals surface area contributed by atoms with Gasteiger partial charge in [-0.15, -0.1) is 0 Å². The Bertz CT molecular complexity index is 356. The van der Waals surface area contributed by atoms with E-state index < -0.39 is 23.9 Å².